The molecule has 4 saturated carbocycles. The Balaban J connectivity index is 1.23. The van der Waals surface area contributed by atoms with E-state index in [2.05, 4.69) is 68.4 Å². The second-order valence-electron chi connectivity index (χ2n) is 19.3. The second kappa shape index (κ2) is 12.7. The molecule has 0 radical (unpaired) electrons. The summed E-state index contributed by atoms with van der Waals surface area (Å²) in [4.78, 5) is 13.1. The van der Waals surface area contributed by atoms with Crippen molar-refractivity contribution < 1.29 is 9.53 Å². The summed E-state index contributed by atoms with van der Waals surface area (Å²) in [5.74, 6) is 2.18. The first-order chi connectivity index (χ1) is 20.6. The number of rotatable bonds is 11. The zero-order valence-electron chi connectivity index (χ0n) is 30.8. The normalized spacial score (nSPS) is 42.2. The molecule has 0 aliphatic heterocycles. The number of carbonyl (C=O) groups is 1. The molecule has 0 aromatic rings. The van der Waals surface area contributed by atoms with Gasteiger partial charge in [-0.2, -0.15) is 0 Å². The Morgan fingerprint density at radius 3 is 2.07 bits per heavy atom. The average molecular weight is 609 g/mol. The Bertz CT molecular complexity index is 1050. The highest BCUT2D eigenvalue weighted by molar-refractivity contribution is 5.69. The molecule has 0 spiro atoms. The summed E-state index contributed by atoms with van der Waals surface area (Å²) in [7, 11) is 0. The van der Waals surface area contributed by atoms with Gasteiger partial charge in [-0.15, -0.1) is 0 Å². The van der Waals surface area contributed by atoms with Crippen LogP contribution in [-0.4, -0.2) is 12.1 Å². The highest BCUT2D eigenvalue weighted by Crippen LogP contribution is 2.75. The highest BCUT2D eigenvalue weighted by atomic mass is 16.5. The molecule has 1 unspecified atom stereocenters. The quantitative estimate of drug-likeness (QED) is 0.132. The van der Waals surface area contributed by atoms with Crippen molar-refractivity contribution in [3.8, 4) is 0 Å². The molecule has 0 N–H and O–H groups in total. The van der Waals surface area contributed by atoms with Crippen LogP contribution in [0.15, 0.2) is 11.6 Å². The largest absolute Gasteiger partial charge is 0.462 e. The van der Waals surface area contributed by atoms with Crippen LogP contribution in [-0.2, 0) is 9.53 Å². The Kier molecular flexibility index (Phi) is 9.95. The number of carbonyl (C=O) groups excluding carboxylic acids is 1. The van der Waals surface area contributed by atoms with Crippen molar-refractivity contribution in [2.45, 2.75) is 197 Å². The lowest BCUT2D eigenvalue weighted by Gasteiger charge is -2.71. The molecule has 0 amide bonds. The lowest BCUT2D eigenvalue weighted by Crippen LogP contribution is -2.64. The van der Waals surface area contributed by atoms with E-state index in [-0.39, 0.29) is 17.5 Å². The first kappa shape index (κ1) is 34.5. The summed E-state index contributed by atoms with van der Waals surface area (Å²) in [5.41, 5.74) is 3.88. The Hall–Kier alpha value is -0.790. The molecule has 4 fully saturated rings. The topological polar surface area (TPSA) is 26.3 Å². The van der Waals surface area contributed by atoms with Gasteiger partial charge in [0.1, 0.15) is 6.10 Å². The summed E-state index contributed by atoms with van der Waals surface area (Å²) in [6.45, 7) is 23.0. The standard InChI is InChI=1S/C42H72O2/c1-10-11-12-13-14-15-16-17-18-19-36(43)44-35-23-24-40(7)33(38(35,4)5)22-25-42(9)34(40)21-20-31-32-30-37(2,3)26-27-39(32,6)28-29-41(31,42)8/h20,32-35H,10-19,21-30H2,1-9H3/t32-,33-,34+,35?,39+,40-,41+,42+/m0/s1. The van der Waals surface area contributed by atoms with Gasteiger partial charge in [0.25, 0.3) is 0 Å². The fraction of sp³-hybridized carbons (Fsp3) is 0.929. The summed E-state index contributed by atoms with van der Waals surface area (Å²) in [6.07, 6.45) is 28.2. The van der Waals surface area contributed by atoms with E-state index in [1.54, 1.807) is 0 Å². The van der Waals surface area contributed by atoms with Crippen LogP contribution in [0.1, 0.15) is 191 Å². The van der Waals surface area contributed by atoms with Crippen LogP contribution in [0.4, 0.5) is 0 Å². The van der Waals surface area contributed by atoms with Crippen molar-refractivity contribution >= 4 is 5.97 Å². The Morgan fingerprint density at radius 2 is 1.39 bits per heavy atom. The SMILES string of the molecule is CCCCCCCCCCCC(=O)OC1CC[C@]2(C)[C@H]3CC=C4[C@@H]5CC(C)(C)CC[C@]5(C)CC[C@@]4(C)[C@]3(C)CC[C@H]2C1(C)C. The van der Waals surface area contributed by atoms with Crippen molar-refractivity contribution in [1.29, 1.82) is 0 Å². The van der Waals surface area contributed by atoms with Crippen molar-refractivity contribution in [2.75, 3.05) is 0 Å². The molecule has 0 aromatic heterocycles. The minimum absolute atomic E-state index is 0.0336. The third-order valence-electron chi connectivity index (χ3n) is 15.8. The number of ether oxygens (including phenoxy) is 1. The molecule has 5 aliphatic rings. The van der Waals surface area contributed by atoms with Gasteiger partial charge in [-0.3, -0.25) is 4.79 Å². The third-order valence-corrected chi connectivity index (χ3v) is 15.8. The average Bonchev–Trinajstić information content (AvgIpc) is 2.95. The molecule has 44 heavy (non-hydrogen) atoms. The van der Waals surface area contributed by atoms with Crippen LogP contribution in [0.25, 0.3) is 0 Å². The molecular weight excluding hydrogens is 536 g/mol. The maximum absolute atomic E-state index is 13.1. The van der Waals surface area contributed by atoms with Gasteiger partial charge in [-0.25, -0.2) is 0 Å². The smallest absolute Gasteiger partial charge is 0.306 e. The van der Waals surface area contributed by atoms with Crippen molar-refractivity contribution in [1.82, 2.24) is 0 Å². The third kappa shape index (κ3) is 6.02. The molecule has 0 bridgehead atoms. The van der Waals surface area contributed by atoms with Gasteiger partial charge in [0.2, 0.25) is 0 Å². The molecule has 0 heterocycles. The number of hydrogen-bond acceptors (Lipinski definition) is 2. The lowest BCUT2D eigenvalue weighted by atomic mass is 9.33. The number of esters is 1. The van der Waals surface area contributed by atoms with E-state index in [4.69, 9.17) is 4.74 Å². The Labute approximate surface area is 273 Å². The summed E-state index contributed by atoms with van der Waals surface area (Å²) in [6, 6.07) is 0. The van der Waals surface area contributed by atoms with E-state index in [1.165, 1.54) is 109 Å². The summed E-state index contributed by atoms with van der Waals surface area (Å²) < 4.78 is 6.38. The van der Waals surface area contributed by atoms with E-state index in [1.807, 2.05) is 5.57 Å². The summed E-state index contributed by atoms with van der Waals surface area (Å²) >= 11 is 0. The van der Waals surface area contributed by atoms with Gasteiger partial charge in [-0.1, -0.05) is 125 Å². The fourth-order valence-corrected chi connectivity index (χ4v) is 12.5. The van der Waals surface area contributed by atoms with Gasteiger partial charge in [-0.05, 0) is 115 Å². The molecule has 5 rings (SSSR count). The van der Waals surface area contributed by atoms with Crippen LogP contribution < -0.4 is 0 Å². The molecule has 5 aliphatic carbocycles. The van der Waals surface area contributed by atoms with Gasteiger partial charge < -0.3 is 4.74 Å². The number of unbranched alkanes of at least 4 members (excludes halogenated alkanes) is 8. The number of fused-ring (bicyclic) bond motifs is 7. The lowest BCUT2D eigenvalue weighted by molar-refractivity contribution is -0.212. The Morgan fingerprint density at radius 1 is 0.750 bits per heavy atom. The maximum Gasteiger partial charge on any atom is 0.306 e. The minimum atomic E-state index is 0.0336. The second-order valence-corrected chi connectivity index (χ2v) is 19.3. The van der Waals surface area contributed by atoms with Gasteiger partial charge >= 0.3 is 5.97 Å². The molecule has 0 aromatic carbocycles. The van der Waals surface area contributed by atoms with Gasteiger partial charge in [0, 0.05) is 11.8 Å². The predicted octanol–water partition coefficient (Wildman–Crippen LogP) is 12.6. The van der Waals surface area contributed by atoms with Crippen LogP contribution >= 0.6 is 0 Å². The molecule has 252 valence electrons. The molecule has 2 nitrogen and oxygen atoms in total. The predicted molar refractivity (Wildman–Crippen MR) is 186 cm³/mol. The van der Waals surface area contributed by atoms with Gasteiger partial charge in [0.15, 0.2) is 0 Å². The summed E-state index contributed by atoms with van der Waals surface area (Å²) in [5, 5.41) is 0. The van der Waals surface area contributed by atoms with Gasteiger partial charge in [0.05, 0.1) is 0 Å². The van der Waals surface area contributed by atoms with Crippen LogP contribution in [0, 0.1) is 50.2 Å². The van der Waals surface area contributed by atoms with Crippen LogP contribution in [0.2, 0.25) is 0 Å². The fourth-order valence-electron chi connectivity index (χ4n) is 12.5. The minimum Gasteiger partial charge on any atom is -0.462 e. The zero-order valence-corrected chi connectivity index (χ0v) is 30.8. The monoisotopic (exact) mass is 609 g/mol. The molecular formula is C42H72O2. The van der Waals surface area contributed by atoms with E-state index in [9.17, 15) is 4.79 Å². The van der Waals surface area contributed by atoms with E-state index in [0.717, 1.165) is 24.7 Å². The first-order valence-corrected chi connectivity index (χ1v) is 19.5. The molecule has 0 saturated heterocycles. The highest BCUT2D eigenvalue weighted by Gasteiger charge is 2.68. The van der Waals surface area contributed by atoms with Crippen LogP contribution in [0.3, 0.4) is 0 Å². The molecule has 8 atom stereocenters. The van der Waals surface area contributed by atoms with Crippen molar-refractivity contribution in [3.05, 3.63) is 11.6 Å². The maximum atomic E-state index is 13.1. The van der Waals surface area contributed by atoms with Crippen LogP contribution in [0.5, 0.6) is 0 Å². The van der Waals surface area contributed by atoms with E-state index < -0.39 is 0 Å². The molecule has 2 heteroatoms. The number of hydrogen-bond donors (Lipinski definition) is 0. The number of allylic oxidation sites excluding steroid dienone is 2. The van der Waals surface area contributed by atoms with E-state index in [0.29, 0.717) is 39.4 Å². The van der Waals surface area contributed by atoms with E-state index >= 15 is 0 Å². The first-order valence-electron chi connectivity index (χ1n) is 19.5. The zero-order chi connectivity index (χ0) is 32.0. The van der Waals surface area contributed by atoms with Crippen molar-refractivity contribution in [3.63, 3.8) is 0 Å². The van der Waals surface area contributed by atoms with Crippen molar-refractivity contribution in [2.24, 2.45) is 50.2 Å².